The number of anilines is 1. The second kappa shape index (κ2) is 7.31. The summed E-state index contributed by atoms with van der Waals surface area (Å²) < 4.78 is 14.2. The van der Waals surface area contributed by atoms with E-state index in [-0.39, 0.29) is 11.5 Å². The zero-order valence-electron chi connectivity index (χ0n) is 18.4. The fraction of sp³-hybridized carbons (Fsp3) is 0.375. The lowest BCUT2D eigenvalue weighted by atomic mass is 9.89. The van der Waals surface area contributed by atoms with E-state index in [0.29, 0.717) is 41.3 Å². The van der Waals surface area contributed by atoms with E-state index < -0.39 is 5.60 Å². The van der Waals surface area contributed by atoms with Crippen LogP contribution in [0.3, 0.4) is 0 Å². The number of rotatable bonds is 4. The Hall–Kier alpha value is -3.53. The van der Waals surface area contributed by atoms with Gasteiger partial charge in [-0.05, 0) is 51.5 Å². The molecule has 4 rings (SSSR count). The normalized spacial score (nSPS) is 21.3. The van der Waals surface area contributed by atoms with Crippen molar-refractivity contribution in [2.45, 2.75) is 51.7 Å². The minimum absolute atomic E-state index is 0.285. The van der Waals surface area contributed by atoms with Crippen LogP contribution in [0.1, 0.15) is 50.0 Å². The van der Waals surface area contributed by atoms with Crippen LogP contribution < -0.4 is 14.8 Å². The summed E-state index contributed by atoms with van der Waals surface area (Å²) in [5.74, 6) is 1.46. The number of amides is 1. The molecular formula is C24H26N4O3. The second-order valence-corrected chi connectivity index (χ2v) is 8.99. The molecule has 7 nitrogen and oxygen atoms in total. The van der Waals surface area contributed by atoms with Crippen molar-refractivity contribution in [3.05, 3.63) is 58.8 Å². The average Bonchev–Trinajstić information content (AvgIpc) is 3.22. The number of carbonyl (C=O) groups excluding carboxylic acids is 1. The monoisotopic (exact) mass is 418 g/mol. The Morgan fingerprint density at radius 3 is 2.77 bits per heavy atom. The fourth-order valence-electron chi connectivity index (χ4n) is 4.05. The van der Waals surface area contributed by atoms with E-state index in [9.17, 15) is 10.1 Å². The first-order valence-electron chi connectivity index (χ1n) is 10.2. The minimum Gasteiger partial charge on any atom is -0.487 e. The highest BCUT2D eigenvalue weighted by Gasteiger charge is 2.36. The van der Waals surface area contributed by atoms with Gasteiger partial charge < -0.3 is 14.8 Å². The predicted molar refractivity (Wildman–Crippen MR) is 117 cm³/mol. The highest BCUT2D eigenvalue weighted by atomic mass is 16.5. The molecule has 1 amide bonds. The van der Waals surface area contributed by atoms with Crippen molar-refractivity contribution in [1.82, 2.24) is 9.78 Å². The standard InChI is InChI=1S/C24H26N4O3/c1-15-12-24(4,8-6-16(15)14-25)31-20-11-17(10-19-18(20)13-23(2,3)30-19)22(29)26-21-7-9-28(5)27-21/h6-7,9-12H,8,13H2,1-5H3,(H,26,27,29). The summed E-state index contributed by atoms with van der Waals surface area (Å²) in [6, 6.07) is 7.47. The molecule has 0 bridgehead atoms. The smallest absolute Gasteiger partial charge is 0.257 e. The van der Waals surface area contributed by atoms with Crippen molar-refractivity contribution in [2.75, 3.05) is 5.32 Å². The van der Waals surface area contributed by atoms with Crippen molar-refractivity contribution >= 4 is 11.7 Å². The number of nitrogens with zero attached hydrogens (tertiary/aromatic N) is 3. The molecule has 0 radical (unpaired) electrons. The van der Waals surface area contributed by atoms with Gasteiger partial charge in [0.1, 0.15) is 22.7 Å². The van der Waals surface area contributed by atoms with E-state index in [4.69, 9.17) is 9.47 Å². The zero-order chi connectivity index (χ0) is 22.4. The number of benzene rings is 1. The van der Waals surface area contributed by atoms with Crippen LogP contribution in [0.5, 0.6) is 11.5 Å². The lowest BCUT2D eigenvalue weighted by molar-refractivity contribution is 0.102. The third-order valence-corrected chi connectivity index (χ3v) is 5.50. The van der Waals surface area contributed by atoms with Gasteiger partial charge in [0.05, 0.1) is 11.6 Å². The first-order valence-corrected chi connectivity index (χ1v) is 10.2. The van der Waals surface area contributed by atoms with Crippen LogP contribution in [0.15, 0.2) is 47.7 Å². The van der Waals surface area contributed by atoms with Gasteiger partial charge >= 0.3 is 0 Å². The summed E-state index contributed by atoms with van der Waals surface area (Å²) in [6.07, 6.45) is 6.88. The van der Waals surface area contributed by atoms with E-state index in [2.05, 4.69) is 16.5 Å². The SMILES string of the molecule is CC1=CC(C)(Oc2cc(C(=O)Nc3ccn(C)n3)cc3c2CC(C)(C)O3)CC=C1C#N. The number of hydrogen-bond donors (Lipinski definition) is 1. The Morgan fingerprint density at radius 1 is 1.35 bits per heavy atom. The van der Waals surface area contributed by atoms with Gasteiger partial charge in [-0.2, -0.15) is 10.4 Å². The molecule has 160 valence electrons. The maximum atomic E-state index is 12.9. The van der Waals surface area contributed by atoms with Crippen LogP contribution in [0.25, 0.3) is 0 Å². The van der Waals surface area contributed by atoms with E-state index in [1.54, 1.807) is 36.1 Å². The highest BCUT2D eigenvalue weighted by Crippen LogP contribution is 2.43. The number of hydrogen-bond acceptors (Lipinski definition) is 5. The Kier molecular flexibility index (Phi) is 4.89. The van der Waals surface area contributed by atoms with Crippen molar-refractivity contribution in [3.8, 4) is 17.6 Å². The van der Waals surface area contributed by atoms with Crippen LogP contribution >= 0.6 is 0 Å². The van der Waals surface area contributed by atoms with E-state index in [1.807, 2.05) is 39.8 Å². The van der Waals surface area contributed by atoms with Gasteiger partial charge in [-0.1, -0.05) is 6.08 Å². The molecule has 1 N–H and O–H groups in total. The molecule has 0 saturated heterocycles. The average molecular weight is 418 g/mol. The number of carbonyl (C=O) groups is 1. The van der Waals surface area contributed by atoms with Gasteiger partial charge in [0.25, 0.3) is 5.91 Å². The second-order valence-electron chi connectivity index (χ2n) is 8.99. The van der Waals surface area contributed by atoms with Gasteiger partial charge in [-0.25, -0.2) is 0 Å². The topological polar surface area (TPSA) is 89.2 Å². The number of aromatic nitrogens is 2. The molecule has 1 aromatic heterocycles. The van der Waals surface area contributed by atoms with Crippen molar-refractivity contribution < 1.29 is 14.3 Å². The minimum atomic E-state index is -0.624. The van der Waals surface area contributed by atoms with Crippen LogP contribution in [0.2, 0.25) is 0 Å². The maximum Gasteiger partial charge on any atom is 0.257 e. The molecule has 31 heavy (non-hydrogen) atoms. The molecule has 1 aliphatic heterocycles. The zero-order valence-corrected chi connectivity index (χ0v) is 18.4. The molecule has 2 aliphatic rings. The summed E-state index contributed by atoms with van der Waals surface area (Å²) in [6.45, 7) is 7.91. The summed E-state index contributed by atoms with van der Waals surface area (Å²) in [5.41, 5.74) is 1.92. The lowest BCUT2D eigenvalue weighted by Gasteiger charge is -2.31. The number of allylic oxidation sites excluding steroid dienone is 2. The third kappa shape index (κ3) is 4.19. The third-order valence-electron chi connectivity index (χ3n) is 5.50. The van der Waals surface area contributed by atoms with Crippen LogP contribution in [-0.2, 0) is 13.5 Å². The van der Waals surface area contributed by atoms with Crippen molar-refractivity contribution in [2.24, 2.45) is 7.05 Å². The van der Waals surface area contributed by atoms with Gasteiger partial charge in [0.2, 0.25) is 0 Å². The molecule has 1 atom stereocenters. The Labute approximate surface area is 182 Å². The Bertz CT molecular complexity index is 1170. The number of aryl methyl sites for hydroxylation is 1. The summed E-state index contributed by atoms with van der Waals surface area (Å²) in [4.78, 5) is 12.9. The number of nitrogens with one attached hydrogen (secondary N) is 1. The lowest BCUT2D eigenvalue weighted by Crippen LogP contribution is -2.32. The molecule has 0 spiro atoms. The molecule has 0 fully saturated rings. The van der Waals surface area contributed by atoms with Gasteiger partial charge in [-0.3, -0.25) is 9.48 Å². The van der Waals surface area contributed by atoms with E-state index in [0.717, 1.165) is 11.1 Å². The molecular weight excluding hydrogens is 392 g/mol. The number of ether oxygens (including phenoxy) is 2. The van der Waals surface area contributed by atoms with Crippen LogP contribution in [0.4, 0.5) is 5.82 Å². The molecule has 2 heterocycles. The first-order chi connectivity index (χ1) is 14.6. The Balaban J connectivity index is 1.68. The summed E-state index contributed by atoms with van der Waals surface area (Å²) >= 11 is 0. The van der Waals surface area contributed by atoms with Gasteiger partial charge in [0.15, 0.2) is 5.82 Å². The van der Waals surface area contributed by atoms with Crippen LogP contribution in [0, 0.1) is 11.3 Å². The number of nitriles is 1. The molecule has 1 unspecified atom stereocenters. The summed E-state index contributed by atoms with van der Waals surface area (Å²) in [7, 11) is 1.79. The molecule has 7 heteroatoms. The quantitative estimate of drug-likeness (QED) is 0.799. The molecule has 1 aromatic carbocycles. The molecule has 0 saturated carbocycles. The number of fused-ring (bicyclic) bond motifs is 1. The van der Waals surface area contributed by atoms with Gasteiger partial charge in [0, 0.05) is 43.3 Å². The maximum absolute atomic E-state index is 12.9. The Morgan fingerprint density at radius 2 is 2.13 bits per heavy atom. The van der Waals surface area contributed by atoms with E-state index >= 15 is 0 Å². The van der Waals surface area contributed by atoms with Crippen LogP contribution in [-0.4, -0.2) is 26.9 Å². The van der Waals surface area contributed by atoms with Crippen molar-refractivity contribution in [1.29, 1.82) is 5.26 Å². The molecule has 2 aromatic rings. The largest absolute Gasteiger partial charge is 0.487 e. The van der Waals surface area contributed by atoms with Gasteiger partial charge in [-0.15, -0.1) is 0 Å². The summed E-state index contributed by atoms with van der Waals surface area (Å²) in [5, 5.41) is 16.3. The fourth-order valence-corrected chi connectivity index (χ4v) is 4.05. The molecule has 1 aliphatic carbocycles. The first kappa shape index (κ1) is 20.7. The highest BCUT2D eigenvalue weighted by molar-refractivity contribution is 6.04. The van der Waals surface area contributed by atoms with Crippen molar-refractivity contribution in [3.63, 3.8) is 0 Å². The predicted octanol–water partition coefficient (Wildman–Crippen LogP) is 4.32. The van der Waals surface area contributed by atoms with E-state index in [1.165, 1.54) is 0 Å².